The molecule has 0 rings (SSSR count). The maximum Gasteiger partial charge on any atom is 0.0496 e. The molecule has 0 aliphatic carbocycles. The first kappa shape index (κ1) is 12.0. The zero-order valence-corrected chi connectivity index (χ0v) is 9.31. The maximum atomic E-state index is 5.56. The van der Waals surface area contributed by atoms with Crippen molar-refractivity contribution < 1.29 is 4.74 Å². The largest absolute Gasteiger partial charge is 0.381 e. The lowest BCUT2D eigenvalue weighted by Gasteiger charge is -2.26. The highest BCUT2D eigenvalue weighted by Gasteiger charge is 2.19. The highest BCUT2D eigenvalue weighted by atomic mass is 16.5. The lowest BCUT2D eigenvalue weighted by atomic mass is 9.83. The first-order chi connectivity index (χ1) is 5.48. The van der Waals surface area contributed by atoms with Crippen LogP contribution in [0.15, 0.2) is 0 Å². The van der Waals surface area contributed by atoms with E-state index < -0.39 is 0 Å². The molecule has 1 nitrogen and oxygen atoms in total. The van der Waals surface area contributed by atoms with Gasteiger partial charge >= 0.3 is 0 Å². The summed E-state index contributed by atoms with van der Waals surface area (Å²) in [6.07, 6.45) is 2.42. The number of rotatable bonds is 5. The summed E-state index contributed by atoms with van der Waals surface area (Å²) in [5, 5.41) is 0. The molecule has 0 bridgehead atoms. The molecule has 0 N–H and O–H groups in total. The summed E-state index contributed by atoms with van der Waals surface area (Å²) < 4.78 is 5.56. The molecule has 74 valence electrons. The smallest absolute Gasteiger partial charge is 0.0496 e. The van der Waals surface area contributed by atoms with Crippen LogP contribution in [-0.2, 0) is 4.74 Å². The molecule has 1 atom stereocenters. The zero-order chi connectivity index (χ0) is 9.61. The summed E-state index contributed by atoms with van der Waals surface area (Å²) in [6.45, 7) is 13.1. The van der Waals surface area contributed by atoms with E-state index in [1.165, 1.54) is 12.8 Å². The van der Waals surface area contributed by atoms with Gasteiger partial charge in [0.25, 0.3) is 0 Å². The van der Waals surface area contributed by atoms with Gasteiger partial charge in [-0.3, -0.25) is 0 Å². The van der Waals surface area contributed by atoms with Gasteiger partial charge in [-0.2, -0.15) is 0 Å². The molecule has 1 heteroatoms. The Bertz CT molecular complexity index is 102. The summed E-state index contributed by atoms with van der Waals surface area (Å²) in [7, 11) is 0. The predicted octanol–water partition coefficient (Wildman–Crippen LogP) is 3.49. The molecule has 0 saturated heterocycles. The minimum absolute atomic E-state index is 0.381. The molecule has 0 heterocycles. The number of hydrogen-bond acceptors (Lipinski definition) is 1. The molecule has 0 spiro atoms. The summed E-state index contributed by atoms with van der Waals surface area (Å²) in [5.41, 5.74) is 0.381. The van der Waals surface area contributed by atoms with Crippen molar-refractivity contribution in [2.24, 2.45) is 11.3 Å². The average molecular weight is 172 g/mol. The SMILES string of the molecule is CCCCOCC(C)C(C)(C)C. The molecular weight excluding hydrogens is 148 g/mol. The van der Waals surface area contributed by atoms with E-state index in [2.05, 4.69) is 34.6 Å². The van der Waals surface area contributed by atoms with E-state index in [1.54, 1.807) is 0 Å². The van der Waals surface area contributed by atoms with Crippen LogP contribution in [0.3, 0.4) is 0 Å². The van der Waals surface area contributed by atoms with Crippen LogP contribution < -0.4 is 0 Å². The van der Waals surface area contributed by atoms with Crippen molar-refractivity contribution in [1.29, 1.82) is 0 Å². The minimum Gasteiger partial charge on any atom is -0.381 e. The molecule has 0 aliphatic rings. The fourth-order valence-corrected chi connectivity index (χ4v) is 0.757. The van der Waals surface area contributed by atoms with E-state index in [1.807, 2.05) is 0 Å². The lowest BCUT2D eigenvalue weighted by molar-refractivity contribution is 0.0625. The van der Waals surface area contributed by atoms with Gasteiger partial charge in [0.2, 0.25) is 0 Å². The van der Waals surface area contributed by atoms with Crippen LogP contribution in [0.25, 0.3) is 0 Å². The van der Waals surface area contributed by atoms with E-state index in [9.17, 15) is 0 Å². The second-order valence-electron chi connectivity index (χ2n) is 4.70. The van der Waals surface area contributed by atoms with Crippen LogP contribution in [0.2, 0.25) is 0 Å². The molecule has 0 saturated carbocycles. The second-order valence-corrected chi connectivity index (χ2v) is 4.70. The van der Waals surface area contributed by atoms with Crippen LogP contribution >= 0.6 is 0 Å². The fraction of sp³-hybridized carbons (Fsp3) is 1.00. The van der Waals surface area contributed by atoms with Crippen LogP contribution in [0.1, 0.15) is 47.5 Å². The second kappa shape index (κ2) is 5.58. The Hall–Kier alpha value is -0.0400. The van der Waals surface area contributed by atoms with Gasteiger partial charge in [0.15, 0.2) is 0 Å². The Morgan fingerprint density at radius 3 is 2.25 bits per heavy atom. The molecule has 0 aromatic heterocycles. The number of unbranched alkanes of at least 4 members (excludes halogenated alkanes) is 1. The van der Waals surface area contributed by atoms with Gasteiger partial charge < -0.3 is 4.74 Å². The van der Waals surface area contributed by atoms with Crippen molar-refractivity contribution in [1.82, 2.24) is 0 Å². The number of hydrogen-bond donors (Lipinski definition) is 0. The van der Waals surface area contributed by atoms with E-state index >= 15 is 0 Å². The van der Waals surface area contributed by atoms with E-state index in [0.717, 1.165) is 13.2 Å². The Labute approximate surface area is 77.5 Å². The zero-order valence-electron chi connectivity index (χ0n) is 9.31. The quantitative estimate of drug-likeness (QED) is 0.577. The van der Waals surface area contributed by atoms with E-state index in [0.29, 0.717) is 11.3 Å². The molecule has 0 fully saturated rings. The van der Waals surface area contributed by atoms with Crippen LogP contribution in [0, 0.1) is 11.3 Å². The number of ether oxygens (including phenoxy) is 1. The van der Waals surface area contributed by atoms with Crippen LogP contribution in [0.4, 0.5) is 0 Å². The van der Waals surface area contributed by atoms with E-state index in [4.69, 9.17) is 4.74 Å². The Morgan fingerprint density at radius 1 is 1.25 bits per heavy atom. The minimum atomic E-state index is 0.381. The van der Waals surface area contributed by atoms with Gasteiger partial charge in [-0.25, -0.2) is 0 Å². The van der Waals surface area contributed by atoms with E-state index in [-0.39, 0.29) is 0 Å². The summed E-state index contributed by atoms with van der Waals surface area (Å²) in [4.78, 5) is 0. The van der Waals surface area contributed by atoms with Gasteiger partial charge in [-0.1, -0.05) is 41.0 Å². The topological polar surface area (TPSA) is 9.23 Å². The van der Waals surface area contributed by atoms with Crippen molar-refractivity contribution >= 4 is 0 Å². The van der Waals surface area contributed by atoms with Crippen molar-refractivity contribution in [2.75, 3.05) is 13.2 Å². The standard InChI is InChI=1S/C11H24O/c1-6-7-8-12-9-10(2)11(3,4)5/h10H,6-9H2,1-5H3. The lowest BCUT2D eigenvalue weighted by Crippen LogP contribution is -2.22. The first-order valence-electron chi connectivity index (χ1n) is 5.06. The molecule has 0 aromatic carbocycles. The molecule has 1 unspecified atom stereocenters. The molecule has 0 amide bonds. The van der Waals surface area contributed by atoms with Crippen molar-refractivity contribution in [3.8, 4) is 0 Å². The van der Waals surface area contributed by atoms with Crippen molar-refractivity contribution in [3.05, 3.63) is 0 Å². The van der Waals surface area contributed by atoms with Crippen molar-refractivity contribution in [2.45, 2.75) is 47.5 Å². The fourth-order valence-electron chi connectivity index (χ4n) is 0.757. The van der Waals surface area contributed by atoms with Gasteiger partial charge in [0, 0.05) is 13.2 Å². The Morgan fingerprint density at radius 2 is 1.83 bits per heavy atom. The Kier molecular flexibility index (Phi) is 5.56. The third-order valence-electron chi connectivity index (χ3n) is 2.49. The van der Waals surface area contributed by atoms with Crippen LogP contribution in [0.5, 0.6) is 0 Å². The highest BCUT2D eigenvalue weighted by molar-refractivity contribution is 4.68. The first-order valence-corrected chi connectivity index (χ1v) is 5.06. The molecule has 12 heavy (non-hydrogen) atoms. The summed E-state index contributed by atoms with van der Waals surface area (Å²) in [6, 6.07) is 0. The van der Waals surface area contributed by atoms with Gasteiger partial charge in [0.1, 0.15) is 0 Å². The normalized spacial score (nSPS) is 14.8. The summed E-state index contributed by atoms with van der Waals surface area (Å²) in [5.74, 6) is 0.648. The molecular formula is C11H24O. The molecule has 0 radical (unpaired) electrons. The van der Waals surface area contributed by atoms with Crippen LogP contribution in [-0.4, -0.2) is 13.2 Å². The van der Waals surface area contributed by atoms with Gasteiger partial charge in [-0.05, 0) is 17.8 Å². The monoisotopic (exact) mass is 172 g/mol. The third kappa shape index (κ3) is 5.59. The predicted molar refractivity (Wildman–Crippen MR) is 54.3 cm³/mol. The average Bonchev–Trinajstić information content (AvgIpc) is 1.96. The molecule has 0 aliphatic heterocycles. The molecule has 0 aromatic rings. The van der Waals surface area contributed by atoms with Crippen molar-refractivity contribution in [3.63, 3.8) is 0 Å². The summed E-state index contributed by atoms with van der Waals surface area (Å²) >= 11 is 0. The highest BCUT2D eigenvalue weighted by Crippen LogP contribution is 2.25. The third-order valence-corrected chi connectivity index (χ3v) is 2.49. The van der Waals surface area contributed by atoms with Gasteiger partial charge in [0.05, 0.1) is 0 Å². The Balaban J connectivity index is 3.38. The maximum absolute atomic E-state index is 5.56. The van der Waals surface area contributed by atoms with Gasteiger partial charge in [-0.15, -0.1) is 0 Å².